The van der Waals surface area contributed by atoms with Crippen LogP contribution in [-0.2, 0) is 9.84 Å². The molecule has 0 bridgehead atoms. The summed E-state index contributed by atoms with van der Waals surface area (Å²) in [6, 6.07) is 4.42. The second-order valence-corrected chi connectivity index (χ2v) is 6.67. The number of benzene rings is 1. The molecular weight excluding hydrogens is 264 g/mol. The predicted octanol–water partition coefficient (Wildman–Crippen LogP) is 2.32. The summed E-state index contributed by atoms with van der Waals surface area (Å²) in [5, 5.41) is 5.44. The minimum Gasteiger partial charge on any atom is -0.335 e. The number of aryl methyl sites for hydroxylation is 1. The van der Waals surface area contributed by atoms with E-state index < -0.39 is 9.84 Å². The molecule has 2 N–H and O–H groups in total. The molecule has 6 heteroatoms. The topological polar surface area (TPSA) is 75.3 Å². The number of anilines is 1. The van der Waals surface area contributed by atoms with Gasteiger partial charge in [0.15, 0.2) is 9.84 Å². The number of hydrogen-bond donors (Lipinski definition) is 2. The highest BCUT2D eigenvalue weighted by Crippen LogP contribution is 2.20. The molecule has 5 nitrogen and oxygen atoms in total. The Morgan fingerprint density at radius 1 is 1.37 bits per heavy atom. The van der Waals surface area contributed by atoms with Gasteiger partial charge in [0.25, 0.3) is 0 Å². The van der Waals surface area contributed by atoms with Crippen molar-refractivity contribution in [3.63, 3.8) is 0 Å². The molecule has 1 aromatic rings. The smallest absolute Gasteiger partial charge is 0.319 e. The van der Waals surface area contributed by atoms with Crippen molar-refractivity contribution in [2.75, 3.05) is 11.6 Å². The van der Waals surface area contributed by atoms with Crippen LogP contribution in [0.2, 0.25) is 0 Å². The van der Waals surface area contributed by atoms with E-state index in [4.69, 9.17) is 0 Å². The lowest BCUT2D eigenvalue weighted by Gasteiger charge is -2.14. The van der Waals surface area contributed by atoms with Gasteiger partial charge in [-0.3, -0.25) is 0 Å². The average Bonchev–Trinajstić information content (AvgIpc) is 2.30. The summed E-state index contributed by atoms with van der Waals surface area (Å²) >= 11 is 0. The van der Waals surface area contributed by atoms with Crippen LogP contribution in [0.25, 0.3) is 0 Å². The van der Waals surface area contributed by atoms with Crippen LogP contribution < -0.4 is 10.6 Å². The first kappa shape index (κ1) is 15.5. The second kappa shape index (κ2) is 6.06. The maximum absolute atomic E-state index is 11.7. The average molecular weight is 284 g/mol. The Balaban J connectivity index is 2.92. The van der Waals surface area contributed by atoms with Gasteiger partial charge in [-0.05, 0) is 38.0 Å². The zero-order chi connectivity index (χ0) is 14.6. The first-order chi connectivity index (χ1) is 8.74. The summed E-state index contributed by atoms with van der Waals surface area (Å²) in [4.78, 5) is 11.9. The lowest BCUT2D eigenvalue weighted by Crippen LogP contribution is -2.35. The van der Waals surface area contributed by atoms with E-state index in [1.54, 1.807) is 6.07 Å². The summed E-state index contributed by atoms with van der Waals surface area (Å²) in [5.41, 5.74) is 1.32. The van der Waals surface area contributed by atoms with Gasteiger partial charge in [0.2, 0.25) is 0 Å². The summed E-state index contributed by atoms with van der Waals surface area (Å²) in [6.45, 7) is 5.69. The molecule has 0 saturated heterocycles. The van der Waals surface area contributed by atoms with Gasteiger partial charge in [-0.25, -0.2) is 13.2 Å². The molecule has 0 heterocycles. The van der Waals surface area contributed by atoms with Crippen LogP contribution in [-0.4, -0.2) is 26.7 Å². The zero-order valence-corrected chi connectivity index (χ0v) is 12.5. The molecule has 106 valence electrons. The summed E-state index contributed by atoms with van der Waals surface area (Å²) < 4.78 is 23.0. The van der Waals surface area contributed by atoms with E-state index >= 15 is 0 Å². The minimum absolute atomic E-state index is 0.0680. The molecule has 1 rings (SSSR count). The number of carbonyl (C=O) groups is 1. The third-order valence-electron chi connectivity index (χ3n) is 2.88. The largest absolute Gasteiger partial charge is 0.335 e. The Bertz CT molecular complexity index is 567. The van der Waals surface area contributed by atoms with E-state index in [1.165, 1.54) is 12.1 Å². The van der Waals surface area contributed by atoms with Gasteiger partial charge in [0.05, 0.1) is 4.90 Å². The fourth-order valence-corrected chi connectivity index (χ4v) is 2.10. The van der Waals surface area contributed by atoms with Gasteiger partial charge in [-0.1, -0.05) is 13.0 Å². The molecule has 1 aromatic carbocycles. The van der Waals surface area contributed by atoms with Crippen LogP contribution >= 0.6 is 0 Å². The van der Waals surface area contributed by atoms with E-state index in [0.717, 1.165) is 18.2 Å². The van der Waals surface area contributed by atoms with Crippen molar-refractivity contribution < 1.29 is 13.2 Å². The van der Waals surface area contributed by atoms with Gasteiger partial charge < -0.3 is 10.6 Å². The normalized spacial score (nSPS) is 12.8. The molecule has 0 unspecified atom stereocenters. The summed E-state index contributed by atoms with van der Waals surface area (Å²) in [6.07, 6.45) is 1.97. The molecular formula is C13H20N2O3S. The van der Waals surface area contributed by atoms with Crippen molar-refractivity contribution in [2.24, 2.45) is 0 Å². The summed E-state index contributed by atoms with van der Waals surface area (Å²) in [5.74, 6) is 0. The lowest BCUT2D eigenvalue weighted by atomic mass is 10.2. The Morgan fingerprint density at radius 2 is 2.00 bits per heavy atom. The highest BCUT2D eigenvalue weighted by Gasteiger charge is 2.12. The Hall–Kier alpha value is -1.56. The second-order valence-electron chi connectivity index (χ2n) is 4.66. The fraction of sp³-hybridized carbons (Fsp3) is 0.462. The number of rotatable bonds is 4. The van der Waals surface area contributed by atoms with E-state index in [1.807, 2.05) is 20.8 Å². The molecule has 19 heavy (non-hydrogen) atoms. The molecule has 0 radical (unpaired) electrons. The summed E-state index contributed by atoms with van der Waals surface area (Å²) in [7, 11) is -3.28. The number of amides is 2. The Morgan fingerprint density at radius 3 is 2.53 bits per heavy atom. The minimum atomic E-state index is -3.28. The van der Waals surface area contributed by atoms with Gasteiger partial charge >= 0.3 is 6.03 Å². The van der Waals surface area contributed by atoms with E-state index in [2.05, 4.69) is 10.6 Å². The maximum atomic E-state index is 11.7. The number of hydrogen-bond acceptors (Lipinski definition) is 3. The Kier molecular flexibility index (Phi) is 4.94. The molecule has 2 amide bonds. The van der Waals surface area contributed by atoms with Crippen molar-refractivity contribution in [1.29, 1.82) is 0 Å². The SMILES string of the molecule is CC[C@H](C)NC(=O)Nc1cc(S(C)(=O)=O)ccc1C. The van der Waals surface area contributed by atoms with E-state index in [0.29, 0.717) is 5.69 Å². The van der Waals surface area contributed by atoms with Crippen molar-refractivity contribution >= 4 is 21.6 Å². The maximum Gasteiger partial charge on any atom is 0.319 e. The lowest BCUT2D eigenvalue weighted by molar-refractivity contribution is 0.249. The molecule has 0 aliphatic rings. The van der Waals surface area contributed by atoms with E-state index in [-0.39, 0.29) is 17.0 Å². The van der Waals surface area contributed by atoms with Gasteiger partial charge in [-0.15, -0.1) is 0 Å². The highest BCUT2D eigenvalue weighted by molar-refractivity contribution is 7.90. The number of urea groups is 1. The van der Waals surface area contributed by atoms with Gasteiger partial charge in [0, 0.05) is 18.0 Å². The van der Waals surface area contributed by atoms with Crippen LogP contribution in [0.15, 0.2) is 23.1 Å². The monoisotopic (exact) mass is 284 g/mol. The molecule has 0 aliphatic heterocycles. The van der Waals surface area contributed by atoms with Crippen molar-refractivity contribution in [1.82, 2.24) is 5.32 Å². The van der Waals surface area contributed by atoms with Crippen LogP contribution in [0.4, 0.5) is 10.5 Å². The van der Waals surface area contributed by atoms with E-state index in [9.17, 15) is 13.2 Å². The van der Waals surface area contributed by atoms with Gasteiger partial charge in [-0.2, -0.15) is 0 Å². The quantitative estimate of drug-likeness (QED) is 0.891. The molecule has 0 fully saturated rings. The van der Waals surface area contributed by atoms with Crippen molar-refractivity contribution in [3.05, 3.63) is 23.8 Å². The van der Waals surface area contributed by atoms with Crippen LogP contribution in [0.5, 0.6) is 0 Å². The fourth-order valence-electron chi connectivity index (χ4n) is 1.45. The Labute approximate surface area is 114 Å². The van der Waals surface area contributed by atoms with Crippen molar-refractivity contribution in [3.8, 4) is 0 Å². The third-order valence-corrected chi connectivity index (χ3v) is 3.99. The first-order valence-electron chi connectivity index (χ1n) is 6.12. The number of nitrogens with one attached hydrogen (secondary N) is 2. The number of sulfone groups is 1. The van der Waals surface area contributed by atoms with Crippen LogP contribution in [0.3, 0.4) is 0 Å². The third kappa shape index (κ3) is 4.55. The van der Waals surface area contributed by atoms with Gasteiger partial charge in [0.1, 0.15) is 0 Å². The zero-order valence-electron chi connectivity index (χ0n) is 11.6. The molecule has 1 atom stereocenters. The highest BCUT2D eigenvalue weighted by atomic mass is 32.2. The number of carbonyl (C=O) groups excluding carboxylic acids is 1. The molecule has 0 spiro atoms. The molecule has 0 aliphatic carbocycles. The van der Waals surface area contributed by atoms with Crippen LogP contribution in [0.1, 0.15) is 25.8 Å². The molecule has 0 saturated carbocycles. The first-order valence-corrected chi connectivity index (χ1v) is 8.01. The van der Waals surface area contributed by atoms with Crippen LogP contribution in [0, 0.1) is 6.92 Å². The van der Waals surface area contributed by atoms with Crippen molar-refractivity contribution in [2.45, 2.75) is 38.1 Å². The standard InChI is InChI=1S/C13H20N2O3S/c1-5-10(3)14-13(16)15-12-8-11(19(4,17)18)7-6-9(12)2/h6-8,10H,5H2,1-4H3,(H2,14,15,16)/t10-/m0/s1. The predicted molar refractivity (Wildman–Crippen MR) is 76.2 cm³/mol. The molecule has 0 aromatic heterocycles.